The third kappa shape index (κ3) is 7.97. The second-order valence-electron chi connectivity index (χ2n) is 12.5. The fourth-order valence-corrected chi connectivity index (χ4v) is 6.48. The lowest BCUT2D eigenvalue weighted by atomic mass is 9.86. The van der Waals surface area contributed by atoms with Crippen LogP contribution < -0.4 is 0 Å². The molecular weight excluding hydrogens is 577 g/mol. The molecule has 0 fully saturated rings. The van der Waals surface area contributed by atoms with Gasteiger partial charge in [-0.3, -0.25) is 0 Å². The summed E-state index contributed by atoms with van der Waals surface area (Å²) >= 11 is 0. The fraction of sp³-hybridized carbons (Fsp3) is 0.0833. The van der Waals surface area contributed by atoms with Crippen LogP contribution in [0, 0.1) is 0 Å². The van der Waals surface area contributed by atoms with Crippen molar-refractivity contribution in [2.24, 2.45) is 0 Å². The number of benzene rings is 6. The van der Waals surface area contributed by atoms with Crippen molar-refractivity contribution in [3.63, 3.8) is 0 Å². The minimum Gasteiger partial charge on any atom is -0.0622 e. The third-order valence-corrected chi connectivity index (χ3v) is 9.15. The summed E-state index contributed by atoms with van der Waals surface area (Å²) < 4.78 is 0. The molecule has 0 aromatic heterocycles. The average molecular weight is 617 g/mol. The molecule has 0 heteroatoms. The highest BCUT2D eigenvalue weighted by Crippen LogP contribution is 2.30. The summed E-state index contributed by atoms with van der Waals surface area (Å²) in [5.74, 6) is 0. The monoisotopic (exact) mass is 616 g/mol. The molecule has 10 rings (SSSR count). The van der Waals surface area contributed by atoms with E-state index < -0.39 is 0 Å². The van der Waals surface area contributed by atoms with Crippen molar-refractivity contribution in [1.29, 1.82) is 0 Å². The molecule has 0 radical (unpaired) electrons. The van der Waals surface area contributed by atoms with Crippen molar-refractivity contribution in [2.45, 2.75) is 25.7 Å². The Kier molecular flexibility index (Phi) is 9.82. The lowest BCUT2D eigenvalue weighted by Gasteiger charge is -2.19. The Morgan fingerprint density at radius 1 is 0.250 bits per heavy atom. The molecule has 4 aliphatic rings. The van der Waals surface area contributed by atoms with Crippen LogP contribution in [0.4, 0.5) is 0 Å². The number of hydrogen-bond donors (Lipinski definition) is 0. The first-order chi connectivity index (χ1) is 23.8. The molecule has 4 aliphatic carbocycles. The van der Waals surface area contributed by atoms with Gasteiger partial charge in [-0.15, -0.1) is 0 Å². The first-order valence-electron chi connectivity index (χ1n) is 17.0. The van der Waals surface area contributed by atoms with E-state index >= 15 is 0 Å². The van der Waals surface area contributed by atoms with Gasteiger partial charge in [-0.2, -0.15) is 0 Å². The molecular formula is C48H40. The van der Waals surface area contributed by atoms with Crippen molar-refractivity contribution >= 4 is 48.6 Å². The van der Waals surface area contributed by atoms with Gasteiger partial charge in [-0.1, -0.05) is 194 Å². The molecule has 0 spiro atoms. The van der Waals surface area contributed by atoms with Crippen molar-refractivity contribution < 1.29 is 0 Å². The molecule has 0 atom stereocenters. The number of hydrogen-bond acceptors (Lipinski definition) is 0. The van der Waals surface area contributed by atoms with Crippen LogP contribution in [0.2, 0.25) is 0 Å². The van der Waals surface area contributed by atoms with Crippen LogP contribution in [0.1, 0.15) is 66.8 Å². The summed E-state index contributed by atoms with van der Waals surface area (Å²) in [6.45, 7) is 0. The van der Waals surface area contributed by atoms with E-state index in [1.807, 2.05) is 0 Å². The Balaban J connectivity index is 1.32. The summed E-state index contributed by atoms with van der Waals surface area (Å²) in [5.41, 5.74) is 15.6. The fourth-order valence-electron chi connectivity index (χ4n) is 6.48. The van der Waals surface area contributed by atoms with E-state index in [1.54, 1.807) is 0 Å². The van der Waals surface area contributed by atoms with Crippen molar-refractivity contribution in [1.82, 2.24) is 0 Å². The minimum atomic E-state index is 0.953. The second-order valence-corrected chi connectivity index (χ2v) is 12.5. The quantitative estimate of drug-likeness (QED) is 0.149. The molecule has 0 heterocycles. The predicted molar refractivity (Wildman–Crippen MR) is 209 cm³/mol. The van der Waals surface area contributed by atoms with Crippen LogP contribution in [0.25, 0.3) is 48.6 Å². The van der Waals surface area contributed by atoms with Crippen LogP contribution in [0.5, 0.6) is 0 Å². The Bertz CT molecular complexity index is 1770. The Hall–Kier alpha value is -5.72. The highest BCUT2D eigenvalue weighted by atomic mass is 14.2. The molecule has 0 nitrogen and oxygen atoms in total. The zero-order chi connectivity index (χ0) is 32.4. The van der Waals surface area contributed by atoms with E-state index in [4.69, 9.17) is 0 Å². The zero-order valence-electron chi connectivity index (χ0n) is 27.3. The number of aryl methyl sites for hydroxylation is 4. The van der Waals surface area contributed by atoms with Crippen molar-refractivity contribution in [3.8, 4) is 0 Å². The normalized spacial score (nSPS) is 13.2. The van der Waals surface area contributed by atoms with Crippen LogP contribution in [0.3, 0.4) is 0 Å². The van der Waals surface area contributed by atoms with Crippen LogP contribution in [0.15, 0.2) is 146 Å². The van der Waals surface area contributed by atoms with Gasteiger partial charge in [0, 0.05) is 0 Å². The Labute approximate surface area is 285 Å². The van der Waals surface area contributed by atoms with Crippen LogP contribution in [-0.2, 0) is 25.7 Å². The van der Waals surface area contributed by atoms with Crippen LogP contribution >= 0.6 is 0 Å². The van der Waals surface area contributed by atoms with Crippen molar-refractivity contribution in [2.75, 3.05) is 0 Å². The molecule has 0 aliphatic heterocycles. The van der Waals surface area contributed by atoms with Gasteiger partial charge in [0.25, 0.3) is 0 Å². The van der Waals surface area contributed by atoms with E-state index in [9.17, 15) is 0 Å². The topological polar surface area (TPSA) is 0 Å². The highest BCUT2D eigenvalue weighted by molar-refractivity contribution is 5.78. The van der Waals surface area contributed by atoms with Gasteiger partial charge < -0.3 is 0 Å². The van der Waals surface area contributed by atoms with Gasteiger partial charge in [0.2, 0.25) is 0 Å². The van der Waals surface area contributed by atoms with Crippen LogP contribution in [-0.4, -0.2) is 0 Å². The molecule has 0 saturated heterocycles. The zero-order valence-corrected chi connectivity index (χ0v) is 27.3. The maximum absolute atomic E-state index is 2.45. The smallest absolute Gasteiger partial charge is 0.0221 e. The molecule has 6 aromatic carbocycles. The van der Waals surface area contributed by atoms with E-state index in [-0.39, 0.29) is 0 Å². The third-order valence-electron chi connectivity index (χ3n) is 9.15. The molecule has 4 bridgehead atoms. The summed E-state index contributed by atoms with van der Waals surface area (Å²) in [6.07, 6.45) is 22.1. The molecule has 0 amide bonds. The van der Waals surface area contributed by atoms with Gasteiger partial charge in [0.05, 0.1) is 0 Å². The first kappa shape index (κ1) is 30.9. The standard InChI is InChI=1S/C48H40/c1-5-13-37(14-6-1)21-25-41-33-46-31-32-48-36-43(27-23-39-17-9-3-10-18-39)47(35-44(48)28-24-40-19-11-4-12-20-40)30-29-45(41)34-42(46)26-22-38-15-7-2-8-16-38/h1-28,33-36H,29-32H2/b25-21+,26-22+,27-23+,28-24+. The average Bonchev–Trinajstić information content (AvgIpc) is 3.14. The molecule has 0 N–H and O–H groups in total. The van der Waals surface area contributed by atoms with Crippen molar-refractivity contribution in [3.05, 3.63) is 212 Å². The van der Waals surface area contributed by atoms with E-state index in [0.29, 0.717) is 0 Å². The maximum Gasteiger partial charge on any atom is -0.0221 e. The minimum absolute atomic E-state index is 0.953. The lowest BCUT2D eigenvalue weighted by Crippen LogP contribution is -2.05. The largest absolute Gasteiger partial charge is 0.0622 e. The van der Waals surface area contributed by atoms with E-state index in [1.165, 1.54) is 66.8 Å². The molecule has 48 heavy (non-hydrogen) atoms. The Morgan fingerprint density at radius 2 is 0.458 bits per heavy atom. The van der Waals surface area contributed by atoms with Gasteiger partial charge in [-0.05, 0) is 92.4 Å². The first-order valence-corrected chi connectivity index (χ1v) is 17.0. The predicted octanol–water partition coefficient (Wildman–Crippen LogP) is 12.3. The van der Waals surface area contributed by atoms with E-state index in [0.717, 1.165) is 25.7 Å². The maximum atomic E-state index is 2.45. The SMILES string of the molecule is C(=C\c1cc2c(/C=C/c3ccccc3)cc1CCc1cc(/C=C/c3ccccc3)c(cc1/C=C/c1ccccc1)CC2)/c1ccccc1. The van der Waals surface area contributed by atoms with Gasteiger partial charge in [-0.25, -0.2) is 0 Å². The summed E-state index contributed by atoms with van der Waals surface area (Å²) in [4.78, 5) is 0. The highest BCUT2D eigenvalue weighted by Gasteiger charge is 2.14. The molecule has 0 unspecified atom stereocenters. The van der Waals surface area contributed by atoms with Gasteiger partial charge in [0.1, 0.15) is 0 Å². The molecule has 0 saturated carbocycles. The molecule has 6 aromatic rings. The van der Waals surface area contributed by atoms with Gasteiger partial charge >= 0.3 is 0 Å². The molecule has 232 valence electrons. The summed E-state index contributed by atoms with van der Waals surface area (Å²) in [5, 5.41) is 0. The van der Waals surface area contributed by atoms with Gasteiger partial charge in [0.15, 0.2) is 0 Å². The lowest BCUT2D eigenvalue weighted by molar-refractivity contribution is 0.912. The summed E-state index contributed by atoms with van der Waals surface area (Å²) in [7, 11) is 0. The second kappa shape index (κ2) is 15.2. The number of rotatable bonds is 8. The van der Waals surface area contributed by atoms with E-state index in [2.05, 4.69) is 194 Å². The Morgan fingerprint density at radius 3 is 0.667 bits per heavy atom. The summed E-state index contributed by atoms with van der Waals surface area (Å²) in [6, 6.07) is 52.3.